The van der Waals surface area contributed by atoms with Gasteiger partial charge in [-0.15, -0.1) is 0 Å². The van der Waals surface area contributed by atoms with Crippen LogP contribution in [-0.4, -0.2) is 4.57 Å². The molecule has 4 nitrogen and oxygen atoms in total. The molecule has 0 radical (unpaired) electrons. The van der Waals surface area contributed by atoms with Gasteiger partial charge in [-0.25, -0.2) is 0 Å². The Morgan fingerprint density at radius 3 is 1.65 bits per heavy atom. The number of fused-ring (bicyclic) bond motifs is 17. The van der Waals surface area contributed by atoms with Gasteiger partial charge in [-0.05, 0) is 96.2 Å². The maximum atomic E-state index is 7.71. The van der Waals surface area contributed by atoms with Crippen LogP contribution < -0.4 is 21.9 Å². The molecule has 4 N–H and O–H groups in total. The van der Waals surface area contributed by atoms with Crippen molar-refractivity contribution >= 4 is 66.0 Å². The van der Waals surface area contributed by atoms with Crippen molar-refractivity contribution in [2.75, 3.05) is 0 Å². The van der Waals surface area contributed by atoms with Gasteiger partial charge in [-0.2, -0.15) is 0 Å². The molecule has 0 fully saturated rings. The molecule has 4 heteroatoms. The van der Waals surface area contributed by atoms with E-state index >= 15 is 0 Å². The highest BCUT2D eigenvalue weighted by Gasteiger charge is 2.51. The molecule has 13 aromatic rings. The van der Waals surface area contributed by atoms with E-state index in [2.05, 4.69) is 229 Å². The van der Waals surface area contributed by atoms with Gasteiger partial charge in [0.25, 0.3) is 0 Å². The second-order valence-corrected chi connectivity index (χ2v) is 19.0. The van der Waals surface area contributed by atoms with Gasteiger partial charge in [0.15, 0.2) is 0 Å². The summed E-state index contributed by atoms with van der Waals surface area (Å²) in [5.41, 5.74) is 34.7. The van der Waals surface area contributed by atoms with Gasteiger partial charge < -0.3 is 15.9 Å². The number of benzene rings is 11. The van der Waals surface area contributed by atoms with Crippen molar-refractivity contribution in [2.45, 2.75) is 5.41 Å². The normalized spacial score (nSPS) is 14.0. The van der Waals surface area contributed by atoms with Gasteiger partial charge in [0.2, 0.25) is 0 Å². The zero-order valence-electron chi connectivity index (χ0n) is 38.5. The first-order valence-electron chi connectivity index (χ1n) is 24.3. The number of hydrogen-bond donors (Lipinski definition) is 2. The molecule has 0 aliphatic heterocycles. The zero-order valence-corrected chi connectivity index (χ0v) is 38.5. The molecule has 0 saturated heterocycles. The van der Waals surface area contributed by atoms with Gasteiger partial charge in [-0.3, -0.25) is 4.57 Å². The van der Waals surface area contributed by atoms with Gasteiger partial charge >= 0.3 is 0 Å². The molecule has 0 saturated carbocycles. The third-order valence-electron chi connectivity index (χ3n) is 15.6. The van der Waals surface area contributed by atoms with Crippen LogP contribution >= 0.6 is 0 Å². The van der Waals surface area contributed by atoms with Crippen molar-refractivity contribution in [2.24, 2.45) is 11.5 Å². The van der Waals surface area contributed by atoms with E-state index in [9.17, 15) is 0 Å². The van der Waals surface area contributed by atoms with E-state index in [1.807, 2.05) is 12.1 Å². The Hall–Kier alpha value is -9.38. The van der Waals surface area contributed by atoms with Crippen LogP contribution in [0.3, 0.4) is 0 Å². The fourth-order valence-electron chi connectivity index (χ4n) is 12.7. The molecule has 2 aliphatic rings. The summed E-state index contributed by atoms with van der Waals surface area (Å²) in [6.45, 7) is 0. The number of furan rings is 1. The van der Waals surface area contributed by atoms with Crippen molar-refractivity contribution in [3.8, 4) is 44.5 Å². The van der Waals surface area contributed by atoms with Gasteiger partial charge in [-0.1, -0.05) is 212 Å². The first-order valence-corrected chi connectivity index (χ1v) is 24.3. The molecule has 1 spiro atoms. The largest absolute Gasteiger partial charge is 0.455 e. The molecule has 11 aromatic carbocycles. The second kappa shape index (κ2) is 14.8. The smallest absolute Gasteiger partial charge is 0.143 e. The fourth-order valence-corrected chi connectivity index (χ4v) is 12.7. The minimum Gasteiger partial charge on any atom is -0.455 e. The summed E-state index contributed by atoms with van der Waals surface area (Å²) in [4.78, 5) is 0. The molecular formula is C67H43N3O. The summed E-state index contributed by atoms with van der Waals surface area (Å²) in [5, 5.41) is 8.45. The van der Waals surface area contributed by atoms with Crippen molar-refractivity contribution in [3.05, 3.63) is 275 Å². The quantitative estimate of drug-likeness (QED) is 0.185. The lowest BCUT2D eigenvalue weighted by Crippen LogP contribution is -2.35. The molecule has 2 heterocycles. The Labute approximate surface area is 409 Å². The standard InChI is InChI=1S/C67H43N3O/c68-64(41-36-37-47-46-23-9-14-33-57(46)67(58(47)38-41)55-31-12-7-21-44(55)45-22-8-13-32-56(45)67)50-26-5-6-27-53(50)66(69)70-59-34-15-10-28-54(59)63-60(70)39-40-18-1-2-19-42(40)62(63)49-25-4-3-20-43(49)51-29-17-30-52-48-24-11-16-35-61(48)71-65(51)52/h1-39H,68-69H2/b64-50-,66-53+. The van der Waals surface area contributed by atoms with Crippen LogP contribution in [0.5, 0.6) is 0 Å². The summed E-state index contributed by atoms with van der Waals surface area (Å²) >= 11 is 0. The van der Waals surface area contributed by atoms with E-state index in [0.29, 0.717) is 11.5 Å². The highest BCUT2D eigenvalue weighted by molar-refractivity contribution is 6.25. The van der Waals surface area contributed by atoms with Crippen molar-refractivity contribution in [1.29, 1.82) is 0 Å². The molecule has 2 aliphatic carbocycles. The summed E-state index contributed by atoms with van der Waals surface area (Å²) < 4.78 is 8.92. The van der Waals surface area contributed by atoms with Crippen LogP contribution in [0.4, 0.5) is 0 Å². The lowest BCUT2D eigenvalue weighted by molar-refractivity contribution is 0.670. The van der Waals surface area contributed by atoms with E-state index in [4.69, 9.17) is 15.9 Å². The summed E-state index contributed by atoms with van der Waals surface area (Å²) in [6, 6.07) is 85.0. The Kier molecular flexibility index (Phi) is 8.26. The maximum Gasteiger partial charge on any atom is 0.143 e. The van der Waals surface area contributed by atoms with E-state index < -0.39 is 5.41 Å². The zero-order chi connectivity index (χ0) is 47.0. The molecular weight excluding hydrogens is 863 g/mol. The van der Waals surface area contributed by atoms with Crippen LogP contribution in [0, 0.1) is 0 Å². The molecule has 15 rings (SSSR count). The minimum absolute atomic E-state index is 0.485. The first-order chi connectivity index (χ1) is 35.1. The van der Waals surface area contributed by atoms with Crippen LogP contribution in [0.1, 0.15) is 27.8 Å². The van der Waals surface area contributed by atoms with Crippen molar-refractivity contribution in [3.63, 3.8) is 0 Å². The Morgan fingerprint density at radius 1 is 0.380 bits per heavy atom. The SMILES string of the molecule is N/C(c1ccc2c(c1)C1(c3ccccc3-c3ccccc31)c1ccccc1-2)=c1/cccc/c1=C(/N)n1c2ccccc2c2c(-c3ccccc3-c3cccc4c3oc3ccccc34)c3ccccc3cc21. The monoisotopic (exact) mass is 905 g/mol. The molecule has 2 aromatic heterocycles. The first kappa shape index (κ1) is 39.6. The predicted octanol–water partition coefficient (Wildman–Crippen LogP) is 14.2. The van der Waals surface area contributed by atoms with Crippen molar-refractivity contribution < 1.29 is 4.42 Å². The van der Waals surface area contributed by atoms with Gasteiger partial charge in [0.05, 0.1) is 16.4 Å². The molecule has 332 valence electrons. The van der Waals surface area contributed by atoms with Gasteiger partial charge in [0.1, 0.15) is 17.0 Å². The van der Waals surface area contributed by atoms with E-state index in [1.165, 1.54) is 44.5 Å². The van der Waals surface area contributed by atoms with Crippen LogP contribution in [0.15, 0.2) is 241 Å². The number of hydrogen-bond acceptors (Lipinski definition) is 3. The van der Waals surface area contributed by atoms with Crippen molar-refractivity contribution in [1.82, 2.24) is 4.57 Å². The Morgan fingerprint density at radius 2 is 0.915 bits per heavy atom. The van der Waals surface area contributed by atoms with E-state index in [1.54, 1.807) is 0 Å². The highest BCUT2D eigenvalue weighted by atomic mass is 16.3. The van der Waals surface area contributed by atoms with Crippen LogP contribution in [0.25, 0.3) is 111 Å². The molecule has 0 amide bonds. The maximum absolute atomic E-state index is 7.71. The third-order valence-corrected chi connectivity index (χ3v) is 15.6. The predicted molar refractivity (Wildman–Crippen MR) is 293 cm³/mol. The number of para-hydroxylation sites is 3. The summed E-state index contributed by atoms with van der Waals surface area (Å²) in [7, 11) is 0. The van der Waals surface area contributed by atoms with E-state index in [-0.39, 0.29) is 0 Å². The Bertz CT molecular complexity index is 4510. The average molecular weight is 906 g/mol. The molecule has 0 bridgehead atoms. The summed E-state index contributed by atoms with van der Waals surface area (Å²) in [5.74, 6) is 0.597. The highest BCUT2D eigenvalue weighted by Crippen LogP contribution is 2.63. The topological polar surface area (TPSA) is 70.1 Å². The van der Waals surface area contributed by atoms with Crippen LogP contribution in [0.2, 0.25) is 0 Å². The number of rotatable bonds is 4. The third kappa shape index (κ3) is 5.33. The molecule has 71 heavy (non-hydrogen) atoms. The van der Waals surface area contributed by atoms with Gasteiger partial charge in [0, 0.05) is 48.8 Å². The second-order valence-electron chi connectivity index (χ2n) is 19.0. The minimum atomic E-state index is -0.485. The molecule has 0 atom stereocenters. The fraction of sp³-hybridized carbons (Fsp3) is 0.0149. The average Bonchev–Trinajstić information content (AvgIpc) is 4.17. The summed E-state index contributed by atoms with van der Waals surface area (Å²) in [6.07, 6.45) is 0. The lowest BCUT2D eigenvalue weighted by Gasteiger charge is -2.30. The number of nitrogens with two attached hydrogens (primary N) is 2. The number of nitrogens with zero attached hydrogens (tertiary/aromatic N) is 1. The van der Waals surface area contributed by atoms with E-state index in [0.717, 1.165) is 92.8 Å². The van der Waals surface area contributed by atoms with Crippen LogP contribution in [-0.2, 0) is 5.41 Å². The Balaban J connectivity index is 0.986. The number of aromatic nitrogens is 1. The lowest BCUT2D eigenvalue weighted by atomic mass is 9.70. The molecule has 0 unspecified atom stereocenters.